The van der Waals surface area contributed by atoms with Gasteiger partial charge in [0, 0.05) is 11.1 Å². The van der Waals surface area contributed by atoms with Crippen LogP contribution in [-0.4, -0.2) is 38.3 Å². The van der Waals surface area contributed by atoms with Gasteiger partial charge in [-0.15, -0.1) is 0 Å². The second-order valence-electron chi connectivity index (χ2n) is 9.31. The van der Waals surface area contributed by atoms with Crippen molar-refractivity contribution in [1.29, 1.82) is 0 Å². The standard InChI is InChI=1S/C28H26F6O6S/c1-4-5-19-15-20(26(36,27(29,30)31)28(32,33)34)8-13-25(19)40-21-9-12-23(18(3)14-21)24(35)16-39-41(37,38)22-10-6-17(2)7-11-22/h6-15,36H,4-5,16H2,1-3H3. The molecule has 3 aromatic carbocycles. The maximum absolute atomic E-state index is 13.3. The van der Waals surface area contributed by atoms with Crippen LogP contribution >= 0.6 is 0 Å². The van der Waals surface area contributed by atoms with E-state index in [4.69, 9.17) is 8.92 Å². The highest BCUT2D eigenvalue weighted by molar-refractivity contribution is 7.86. The molecule has 0 heterocycles. The zero-order chi connectivity index (χ0) is 30.8. The highest BCUT2D eigenvalue weighted by Crippen LogP contribution is 2.50. The number of hydrogen-bond acceptors (Lipinski definition) is 6. The quantitative estimate of drug-likeness (QED) is 0.153. The molecule has 0 saturated carbocycles. The summed E-state index contributed by atoms with van der Waals surface area (Å²) in [5, 5.41) is 9.75. The third-order valence-corrected chi connectivity index (χ3v) is 7.48. The third-order valence-electron chi connectivity index (χ3n) is 6.20. The number of alkyl halides is 6. The SMILES string of the molecule is CCCc1cc(C(O)(C(F)(F)F)C(F)(F)F)ccc1Oc1ccc(C(=O)COS(=O)(=O)c2ccc(C)cc2)c(C)c1. The summed E-state index contributed by atoms with van der Waals surface area (Å²) < 4.78 is 115. The van der Waals surface area contributed by atoms with E-state index >= 15 is 0 Å². The van der Waals surface area contributed by atoms with Crippen LogP contribution in [0.1, 0.15) is 46.0 Å². The van der Waals surface area contributed by atoms with Gasteiger partial charge in [0.05, 0.1) is 4.90 Å². The molecule has 222 valence electrons. The molecule has 0 aliphatic heterocycles. The number of hydrogen-bond donors (Lipinski definition) is 1. The molecule has 0 radical (unpaired) electrons. The van der Waals surface area contributed by atoms with Crippen LogP contribution in [0.4, 0.5) is 26.3 Å². The maximum atomic E-state index is 13.3. The average Bonchev–Trinajstić information content (AvgIpc) is 2.87. The van der Waals surface area contributed by atoms with Crippen LogP contribution in [-0.2, 0) is 26.3 Å². The average molecular weight is 605 g/mol. The Balaban J connectivity index is 1.83. The first-order valence-electron chi connectivity index (χ1n) is 12.2. The zero-order valence-electron chi connectivity index (χ0n) is 22.1. The Morgan fingerprint density at radius 2 is 1.49 bits per heavy atom. The van der Waals surface area contributed by atoms with E-state index in [1.54, 1.807) is 26.0 Å². The van der Waals surface area contributed by atoms with Crippen LogP contribution in [0.3, 0.4) is 0 Å². The van der Waals surface area contributed by atoms with Crippen molar-refractivity contribution in [3.63, 3.8) is 0 Å². The molecule has 0 bridgehead atoms. The number of aryl methyl sites for hydroxylation is 3. The molecule has 3 aromatic rings. The first-order valence-corrected chi connectivity index (χ1v) is 13.6. The lowest BCUT2D eigenvalue weighted by Gasteiger charge is -2.33. The molecule has 0 aromatic heterocycles. The van der Waals surface area contributed by atoms with E-state index < -0.39 is 46.0 Å². The van der Waals surface area contributed by atoms with Crippen LogP contribution in [0, 0.1) is 13.8 Å². The van der Waals surface area contributed by atoms with Gasteiger partial charge in [-0.25, -0.2) is 0 Å². The summed E-state index contributed by atoms with van der Waals surface area (Å²) in [6.45, 7) is 4.18. The molecular formula is C28H26F6O6S. The van der Waals surface area contributed by atoms with Gasteiger partial charge in [0.15, 0.2) is 5.78 Å². The van der Waals surface area contributed by atoms with Crippen molar-refractivity contribution >= 4 is 15.9 Å². The second-order valence-corrected chi connectivity index (χ2v) is 10.9. The summed E-state index contributed by atoms with van der Waals surface area (Å²) in [6.07, 6.45) is -11.7. The summed E-state index contributed by atoms with van der Waals surface area (Å²) in [5.41, 5.74) is -5.19. The minimum Gasteiger partial charge on any atom is -0.457 e. The lowest BCUT2D eigenvalue weighted by molar-refractivity contribution is -0.376. The van der Waals surface area contributed by atoms with Gasteiger partial charge >= 0.3 is 12.4 Å². The molecule has 0 spiro atoms. The molecule has 0 aliphatic rings. The van der Waals surface area contributed by atoms with Crippen molar-refractivity contribution in [2.24, 2.45) is 0 Å². The molecular weight excluding hydrogens is 578 g/mol. The Morgan fingerprint density at radius 3 is 2.02 bits per heavy atom. The van der Waals surface area contributed by atoms with Crippen LogP contribution in [0.15, 0.2) is 65.6 Å². The predicted octanol–water partition coefficient (Wildman–Crippen LogP) is 6.95. The monoisotopic (exact) mass is 604 g/mol. The van der Waals surface area contributed by atoms with Gasteiger partial charge in [-0.2, -0.15) is 34.8 Å². The molecule has 0 unspecified atom stereocenters. The van der Waals surface area contributed by atoms with Gasteiger partial charge in [-0.1, -0.05) is 37.1 Å². The molecule has 13 heteroatoms. The van der Waals surface area contributed by atoms with Crippen LogP contribution in [0.5, 0.6) is 11.5 Å². The highest BCUT2D eigenvalue weighted by Gasteiger charge is 2.71. The molecule has 0 saturated heterocycles. The molecule has 3 rings (SSSR count). The summed E-state index contributed by atoms with van der Waals surface area (Å²) in [7, 11) is -4.19. The molecule has 41 heavy (non-hydrogen) atoms. The lowest BCUT2D eigenvalue weighted by atomic mass is 9.90. The van der Waals surface area contributed by atoms with Crippen molar-refractivity contribution in [3.8, 4) is 11.5 Å². The zero-order valence-corrected chi connectivity index (χ0v) is 22.9. The van der Waals surface area contributed by atoms with Gasteiger partial charge in [0.1, 0.15) is 18.1 Å². The normalized spacial score (nSPS) is 12.8. The lowest BCUT2D eigenvalue weighted by Crippen LogP contribution is -2.53. The number of carbonyl (C=O) groups is 1. The van der Waals surface area contributed by atoms with Crippen molar-refractivity contribution in [1.82, 2.24) is 0 Å². The smallest absolute Gasteiger partial charge is 0.430 e. The molecule has 0 amide bonds. The summed E-state index contributed by atoms with van der Waals surface area (Å²) in [6, 6.07) is 11.9. The molecule has 0 aliphatic carbocycles. The fraction of sp³-hybridized carbons (Fsp3) is 0.321. The van der Waals surface area contributed by atoms with Gasteiger partial charge in [-0.05, 0) is 73.9 Å². The number of ketones is 1. The summed E-state index contributed by atoms with van der Waals surface area (Å²) in [4.78, 5) is 12.5. The van der Waals surface area contributed by atoms with E-state index in [2.05, 4.69) is 0 Å². The first kappa shape index (κ1) is 32.1. The largest absolute Gasteiger partial charge is 0.457 e. The van der Waals surface area contributed by atoms with E-state index in [0.29, 0.717) is 24.1 Å². The van der Waals surface area contributed by atoms with E-state index in [1.807, 2.05) is 0 Å². The number of halogens is 6. The molecule has 6 nitrogen and oxygen atoms in total. The minimum absolute atomic E-state index is 0.00977. The Kier molecular flexibility index (Phi) is 9.26. The van der Waals surface area contributed by atoms with E-state index in [-0.39, 0.29) is 33.9 Å². The Hall–Kier alpha value is -3.42. The second kappa shape index (κ2) is 11.8. The topological polar surface area (TPSA) is 89.9 Å². The van der Waals surface area contributed by atoms with Crippen molar-refractivity contribution in [2.45, 2.75) is 56.5 Å². The van der Waals surface area contributed by atoms with Gasteiger partial charge < -0.3 is 9.84 Å². The van der Waals surface area contributed by atoms with E-state index in [0.717, 1.165) is 11.6 Å². The Labute approximate surface area is 232 Å². The number of aliphatic hydroxyl groups is 1. The first-order chi connectivity index (χ1) is 18.9. The number of rotatable bonds is 10. The Morgan fingerprint density at radius 1 is 0.878 bits per heavy atom. The van der Waals surface area contributed by atoms with Gasteiger partial charge in [0.25, 0.3) is 15.7 Å². The minimum atomic E-state index is -6.03. The Bertz CT molecular complexity index is 1500. The van der Waals surface area contributed by atoms with Crippen molar-refractivity contribution in [3.05, 3.63) is 88.5 Å². The van der Waals surface area contributed by atoms with Gasteiger partial charge in [0.2, 0.25) is 0 Å². The fourth-order valence-electron chi connectivity index (χ4n) is 3.98. The number of Topliss-reactive ketones (excluding diaryl/α,β-unsaturated/α-hetero) is 1. The predicted molar refractivity (Wildman–Crippen MR) is 136 cm³/mol. The molecule has 1 N–H and O–H groups in total. The van der Waals surface area contributed by atoms with Crippen LogP contribution < -0.4 is 4.74 Å². The van der Waals surface area contributed by atoms with E-state index in [1.165, 1.54) is 37.3 Å². The summed E-state index contributed by atoms with van der Waals surface area (Å²) >= 11 is 0. The van der Waals surface area contributed by atoms with Gasteiger partial charge in [-0.3, -0.25) is 8.98 Å². The third kappa shape index (κ3) is 6.91. The van der Waals surface area contributed by atoms with Crippen molar-refractivity contribution < 1.29 is 53.6 Å². The molecule has 0 fully saturated rings. The van der Waals surface area contributed by atoms with Crippen LogP contribution in [0.2, 0.25) is 0 Å². The van der Waals surface area contributed by atoms with Crippen LogP contribution in [0.25, 0.3) is 0 Å². The van der Waals surface area contributed by atoms with E-state index in [9.17, 15) is 44.7 Å². The number of carbonyl (C=O) groups excluding carboxylic acids is 1. The number of ether oxygens (including phenoxy) is 1. The number of benzene rings is 3. The molecule has 0 atom stereocenters. The van der Waals surface area contributed by atoms with Crippen molar-refractivity contribution in [2.75, 3.05) is 6.61 Å². The highest BCUT2D eigenvalue weighted by atomic mass is 32.2. The summed E-state index contributed by atoms with van der Waals surface area (Å²) in [5.74, 6) is -0.591. The maximum Gasteiger partial charge on any atom is 0.430 e. The fourth-order valence-corrected chi connectivity index (χ4v) is 4.85.